The quantitative estimate of drug-likeness (QED) is 0.316. The Kier molecular flexibility index (Phi) is 9.31. The molecule has 0 unspecified atom stereocenters. The van der Waals surface area contributed by atoms with E-state index in [9.17, 15) is 14.7 Å². The molecule has 0 aliphatic carbocycles. The van der Waals surface area contributed by atoms with E-state index in [1.165, 1.54) is 25.7 Å². The number of carbonyl (C=O) groups is 1. The molecule has 33 heavy (non-hydrogen) atoms. The molecule has 0 fully saturated rings. The van der Waals surface area contributed by atoms with Crippen molar-refractivity contribution in [2.45, 2.75) is 64.8 Å². The van der Waals surface area contributed by atoms with Crippen LogP contribution in [-0.4, -0.2) is 27.9 Å². The number of nitrogens with zero attached hydrogens (tertiary/aromatic N) is 1. The minimum absolute atomic E-state index is 0.0445. The van der Waals surface area contributed by atoms with Crippen LogP contribution in [0.2, 0.25) is 0 Å². The number of carbonyl (C=O) groups excluding carboxylic acids is 1. The second-order valence-electron chi connectivity index (χ2n) is 8.63. The summed E-state index contributed by atoms with van der Waals surface area (Å²) in [6, 6.07) is 16.4. The molecule has 0 spiro atoms. The molecule has 0 aliphatic rings. The van der Waals surface area contributed by atoms with Gasteiger partial charge < -0.3 is 10.0 Å². The molecular formula is C27H34N2O3S. The summed E-state index contributed by atoms with van der Waals surface area (Å²) in [6.07, 6.45) is 8.25. The van der Waals surface area contributed by atoms with Crippen LogP contribution >= 0.6 is 11.3 Å². The molecule has 0 aliphatic heterocycles. The van der Waals surface area contributed by atoms with Crippen LogP contribution < -0.4 is 4.87 Å². The van der Waals surface area contributed by atoms with E-state index in [0.717, 1.165) is 46.4 Å². The molecule has 1 aromatic heterocycles. The molecule has 0 bridgehead atoms. The minimum Gasteiger partial charge on any atom is -0.494 e. The molecule has 0 saturated carbocycles. The van der Waals surface area contributed by atoms with Crippen LogP contribution in [0.5, 0.6) is 5.88 Å². The third kappa shape index (κ3) is 7.60. The van der Waals surface area contributed by atoms with Gasteiger partial charge in [-0.2, -0.15) is 0 Å². The first-order chi connectivity index (χ1) is 16.0. The number of hydrogen-bond donors (Lipinski definition) is 2. The van der Waals surface area contributed by atoms with E-state index < -0.39 is 0 Å². The normalized spacial score (nSPS) is 11.0. The number of hydrogen-bond acceptors (Lipinski definition) is 4. The smallest absolute Gasteiger partial charge is 0.307 e. The number of thiazole rings is 1. The Morgan fingerprint density at radius 3 is 2.39 bits per heavy atom. The van der Waals surface area contributed by atoms with Gasteiger partial charge in [-0.15, -0.1) is 0 Å². The summed E-state index contributed by atoms with van der Waals surface area (Å²) < 4.78 is 0. The van der Waals surface area contributed by atoms with Gasteiger partial charge in [0.2, 0.25) is 11.8 Å². The monoisotopic (exact) mass is 466 g/mol. The summed E-state index contributed by atoms with van der Waals surface area (Å²) in [5.41, 5.74) is 4.33. The lowest BCUT2D eigenvalue weighted by Crippen LogP contribution is -2.25. The number of rotatable bonds is 12. The van der Waals surface area contributed by atoms with Crippen molar-refractivity contribution in [3.05, 3.63) is 74.2 Å². The molecule has 0 saturated heterocycles. The summed E-state index contributed by atoms with van der Waals surface area (Å²) in [5, 5.41) is 9.79. The summed E-state index contributed by atoms with van der Waals surface area (Å²) >= 11 is 1.04. The van der Waals surface area contributed by atoms with E-state index in [-0.39, 0.29) is 16.7 Å². The lowest BCUT2D eigenvalue weighted by Gasteiger charge is -2.18. The van der Waals surface area contributed by atoms with Gasteiger partial charge in [0.05, 0.1) is 4.88 Å². The molecule has 6 heteroatoms. The van der Waals surface area contributed by atoms with E-state index in [2.05, 4.69) is 30.1 Å². The number of nitrogens with one attached hydrogen (secondary N) is 1. The summed E-state index contributed by atoms with van der Waals surface area (Å²) in [4.78, 5) is 28.5. The average Bonchev–Trinajstić information content (AvgIpc) is 3.13. The molecule has 0 radical (unpaired) electrons. The van der Waals surface area contributed by atoms with Crippen LogP contribution in [0.4, 0.5) is 0 Å². The van der Waals surface area contributed by atoms with Crippen molar-refractivity contribution in [1.82, 2.24) is 9.88 Å². The van der Waals surface area contributed by atoms with Gasteiger partial charge in [0.1, 0.15) is 0 Å². The highest BCUT2D eigenvalue weighted by atomic mass is 32.1. The molecule has 3 aromatic rings. The molecular weight excluding hydrogens is 432 g/mol. The predicted octanol–water partition coefficient (Wildman–Crippen LogP) is 6.11. The van der Waals surface area contributed by atoms with Crippen molar-refractivity contribution in [2.24, 2.45) is 0 Å². The zero-order valence-electron chi connectivity index (χ0n) is 19.6. The maximum absolute atomic E-state index is 12.5. The van der Waals surface area contributed by atoms with Crippen LogP contribution in [-0.2, 0) is 17.8 Å². The second kappa shape index (κ2) is 12.4. The van der Waals surface area contributed by atoms with Crippen molar-refractivity contribution in [1.29, 1.82) is 0 Å². The Morgan fingerprint density at radius 2 is 1.70 bits per heavy atom. The first kappa shape index (κ1) is 24.8. The van der Waals surface area contributed by atoms with Gasteiger partial charge in [0.15, 0.2) is 0 Å². The number of benzene rings is 2. The molecule has 1 heterocycles. The van der Waals surface area contributed by atoms with Gasteiger partial charge in [-0.25, -0.2) is 0 Å². The number of amides is 1. The van der Waals surface area contributed by atoms with Crippen molar-refractivity contribution in [3.63, 3.8) is 0 Å². The van der Waals surface area contributed by atoms with Crippen molar-refractivity contribution >= 4 is 17.2 Å². The van der Waals surface area contributed by atoms with Gasteiger partial charge >= 0.3 is 4.87 Å². The topological polar surface area (TPSA) is 73.4 Å². The number of aromatic hydroxyl groups is 1. The first-order valence-electron chi connectivity index (χ1n) is 11.8. The minimum atomic E-state index is -0.244. The van der Waals surface area contributed by atoms with Crippen LogP contribution in [0.3, 0.4) is 0 Å². The van der Waals surface area contributed by atoms with E-state index in [4.69, 9.17) is 0 Å². The Bertz CT molecular complexity index is 1090. The highest BCUT2D eigenvalue weighted by molar-refractivity contribution is 7.09. The van der Waals surface area contributed by atoms with E-state index >= 15 is 0 Å². The summed E-state index contributed by atoms with van der Waals surface area (Å²) in [7, 11) is 1.88. The van der Waals surface area contributed by atoms with Crippen LogP contribution in [0.15, 0.2) is 53.3 Å². The summed E-state index contributed by atoms with van der Waals surface area (Å²) in [6.45, 7) is 2.82. The first-order valence-corrected chi connectivity index (χ1v) is 12.6. The van der Waals surface area contributed by atoms with E-state index in [1.54, 1.807) is 0 Å². The van der Waals surface area contributed by atoms with Crippen LogP contribution in [0.25, 0.3) is 11.1 Å². The van der Waals surface area contributed by atoms with Gasteiger partial charge in [-0.1, -0.05) is 92.8 Å². The number of aromatic nitrogens is 1. The summed E-state index contributed by atoms with van der Waals surface area (Å²) in [5.74, 6) is 0.160. The van der Waals surface area contributed by atoms with E-state index in [0.29, 0.717) is 24.3 Å². The third-order valence-corrected chi connectivity index (χ3v) is 6.74. The standard InChI is InChI=1S/C27H34N2O3S/c1-3-4-5-6-7-8-12-25(30)29(2)19-21-10-9-11-23(17-21)22-15-13-20(14-16-22)18-24-26(31)28-27(32)33-24/h9-11,13-17,31H,3-8,12,18-19H2,1-2H3,(H,28,32). The largest absolute Gasteiger partial charge is 0.494 e. The maximum Gasteiger partial charge on any atom is 0.307 e. The molecule has 5 nitrogen and oxygen atoms in total. The zero-order valence-corrected chi connectivity index (χ0v) is 20.4. The Labute approximate surface area is 200 Å². The fraction of sp³-hybridized carbons (Fsp3) is 0.407. The van der Waals surface area contributed by atoms with Crippen LogP contribution in [0, 0.1) is 0 Å². The van der Waals surface area contributed by atoms with Crippen molar-refractivity contribution in [2.75, 3.05) is 7.05 Å². The molecule has 2 N–H and O–H groups in total. The zero-order chi connectivity index (χ0) is 23.6. The third-order valence-electron chi connectivity index (χ3n) is 5.87. The molecule has 176 valence electrons. The number of H-pyrrole nitrogens is 1. The Balaban J connectivity index is 1.55. The Morgan fingerprint density at radius 1 is 0.970 bits per heavy atom. The van der Waals surface area contributed by atoms with Gasteiger partial charge in [-0.3, -0.25) is 14.6 Å². The molecule has 3 rings (SSSR count). The van der Waals surface area contributed by atoms with Gasteiger partial charge in [0, 0.05) is 26.4 Å². The lowest BCUT2D eigenvalue weighted by molar-refractivity contribution is -0.130. The number of unbranched alkanes of at least 4 members (excludes halogenated alkanes) is 5. The average molecular weight is 467 g/mol. The fourth-order valence-electron chi connectivity index (χ4n) is 3.93. The number of aromatic amines is 1. The highest BCUT2D eigenvalue weighted by Gasteiger charge is 2.11. The lowest BCUT2D eigenvalue weighted by atomic mass is 10.0. The highest BCUT2D eigenvalue weighted by Crippen LogP contribution is 2.25. The van der Waals surface area contributed by atoms with Gasteiger partial charge in [0.25, 0.3) is 0 Å². The van der Waals surface area contributed by atoms with Gasteiger partial charge in [-0.05, 0) is 34.7 Å². The maximum atomic E-state index is 12.5. The molecule has 2 aromatic carbocycles. The van der Waals surface area contributed by atoms with Crippen LogP contribution in [0.1, 0.15) is 67.9 Å². The second-order valence-corrected chi connectivity index (χ2v) is 9.70. The predicted molar refractivity (Wildman–Crippen MR) is 136 cm³/mol. The van der Waals surface area contributed by atoms with Crippen molar-refractivity contribution < 1.29 is 9.90 Å². The van der Waals surface area contributed by atoms with E-state index in [1.807, 2.05) is 42.3 Å². The molecule has 0 atom stereocenters. The fourth-order valence-corrected chi connectivity index (χ4v) is 4.69. The SMILES string of the molecule is CCCCCCCCC(=O)N(C)Cc1cccc(-c2ccc(Cc3sc(=O)[nH]c3O)cc2)c1. The van der Waals surface area contributed by atoms with Crippen molar-refractivity contribution in [3.8, 4) is 17.0 Å². The molecule has 1 amide bonds. The Hall–Kier alpha value is -2.86.